The van der Waals surface area contributed by atoms with E-state index in [2.05, 4.69) is 85.8 Å². The van der Waals surface area contributed by atoms with Crippen molar-refractivity contribution in [1.29, 1.82) is 0 Å². The molecule has 0 aliphatic rings. The first kappa shape index (κ1) is 22.4. The molecule has 0 spiro atoms. The summed E-state index contributed by atoms with van der Waals surface area (Å²) in [6.07, 6.45) is 0. The molecule has 0 saturated carbocycles. The molecular formula is C29H34. The fourth-order valence-electron chi connectivity index (χ4n) is 3.82. The molecule has 0 aliphatic carbocycles. The molecule has 0 heteroatoms. The third-order valence-electron chi connectivity index (χ3n) is 4.97. The van der Waals surface area contributed by atoms with Gasteiger partial charge in [-0.15, -0.1) is 0 Å². The molecule has 0 fully saturated rings. The van der Waals surface area contributed by atoms with Gasteiger partial charge in [-0.05, 0) is 55.9 Å². The number of rotatable bonds is 1. The Hall–Kier alpha value is -2.86. The highest BCUT2D eigenvalue weighted by atomic mass is 14.2. The van der Waals surface area contributed by atoms with Gasteiger partial charge in [-0.2, -0.15) is 0 Å². The summed E-state index contributed by atoms with van der Waals surface area (Å²) in [4.78, 5) is 0. The zero-order valence-corrected chi connectivity index (χ0v) is 19.0. The molecule has 29 heavy (non-hydrogen) atoms. The van der Waals surface area contributed by atoms with Crippen molar-refractivity contribution in [3.8, 4) is 11.1 Å². The summed E-state index contributed by atoms with van der Waals surface area (Å²) in [5.74, 6) is 0. The summed E-state index contributed by atoms with van der Waals surface area (Å²) in [5.41, 5.74) is 3.94. The molecule has 0 amide bonds. The summed E-state index contributed by atoms with van der Waals surface area (Å²) >= 11 is 0. The quantitative estimate of drug-likeness (QED) is 0.253. The summed E-state index contributed by atoms with van der Waals surface area (Å²) in [6.45, 7) is 14.2. The summed E-state index contributed by atoms with van der Waals surface area (Å²) in [7, 11) is 0. The van der Waals surface area contributed by atoms with Gasteiger partial charge >= 0.3 is 0 Å². The lowest BCUT2D eigenvalue weighted by Gasteiger charge is -2.15. The zero-order valence-electron chi connectivity index (χ0n) is 19.0. The molecule has 0 atom stereocenters. The molecule has 5 aromatic rings. The predicted molar refractivity (Wildman–Crippen MR) is 134 cm³/mol. The maximum Gasteiger partial charge on any atom is -0.00205 e. The monoisotopic (exact) mass is 382 g/mol. The van der Waals surface area contributed by atoms with Crippen LogP contribution in [0.1, 0.15) is 47.1 Å². The third-order valence-corrected chi connectivity index (χ3v) is 4.97. The van der Waals surface area contributed by atoms with Crippen molar-refractivity contribution < 1.29 is 0 Å². The molecular weight excluding hydrogens is 348 g/mol. The van der Waals surface area contributed by atoms with Crippen LogP contribution in [0.4, 0.5) is 0 Å². The van der Waals surface area contributed by atoms with Crippen molar-refractivity contribution in [2.45, 2.75) is 48.5 Å². The Morgan fingerprint density at radius 3 is 1.55 bits per heavy atom. The summed E-state index contributed by atoms with van der Waals surface area (Å²) < 4.78 is 0. The molecule has 0 unspecified atom stereocenters. The van der Waals surface area contributed by atoms with Crippen LogP contribution in [-0.4, -0.2) is 0 Å². The molecule has 0 aromatic heterocycles. The highest BCUT2D eigenvalue weighted by Gasteiger charge is 2.12. The molecule has 0 nitrogen and oxygen atoms in total. The molecule has 0 saturated heterocycles. The maximum absolute atomic E-state index is 2.28. The highest BCUT2D eigenvalue weighted by Crippen LogP contribution is 2.39. The Balaban J connectivity index is 0.000000461. The van der Waals surface area contributed by atoms with Crippen molar-refractivity contribution in [2.75, 3.05) is 0 Å². The Bertz CT molecular complexity index is 1150. The first-order valence-corrected chi connectivity index (χ1v) is 11.1. The van der Waals surface area contributed by atoms with Crippen LogP contribution in [0.2, 0.25) is 0 Å². The second-order valence-electron chi connectivity index (χ2n) is 6.28. The lowest BCUT2D eigenvalue weighted by molar-refractivity contribution is 1.50. The molecule has 0 N–H and O–H groups in total. The number of hydrogen-bond acceptors (Lipinski definition) is 0. The second-order valence-corrected chi connectivity index (χ2v) is 6.28. The summed E-state index contributed by atoms with van der Waals surface area (Å²) in [5, 5.41) is 8.16. The van der Waals surface area contributed by atoms with Crippen molar-refractivity contribution in [1.82, 2.24) is 0 Å². The van der Waals surface area contributed by atoms with Gasteiger partial charge in [0.1, 0.15) is 0 Å². The van der Waals surface area contributed by atoms with E-state index in [4.69, 9.17) is 0 Å². The maximum atomic E-state index is 2.28. The van der Waals surface area contributed by atoms with Gasteiger partial charge in [0.25, 0.3) is 0 Å². The van der Waals surface area contributed by atoms with Crippen molar-refractivity contribution >= 4 is 32.3 Å². The molecule has 0 radical (unpaired) electrons. The molecule has 0 bridgehead atoms. The van der Waals surface area contributed by atoms with Gasteiger partial charge in [0.05, 0.1) is 0 Å². The fourth-order valence-corrected chi connectivity index (χ4v) is 3.82. The highest BCUT2D eigenvalue weighted by molar-refractivity contribution is 6.25. The average Bonchev–Trinajstić information content (AvgIpc) is 2.83. The van der Waals surface area contributed by atoms with E-state index in [1.807, 2.05) is 41.5 Å². The van der Waals surface area contributed by atoms with Crippen LogP contribution in [-0.2, 0) is 0 Å². The largest absolute Gasteiger partial charge is 0.0683 e. The van der Waals surface area contributed by atoms with Crippen LogP contribution in [0.5, 0.6) is 0 Å². The first-order valence-electron chi connectivity index (χ1n) is 11.1. The van der Waals surface area contributed by atoms with Gasteiger partial charge in [-0.1, -0.05) is 120 Å². The van der Waals surface area contributed by atoms with E-state index in [9.17, 15) is 0 Å². The van der Waals surface area contributed by atoms with Crippen molar-refractivity contribution in [2.24, 2.45) is 0 Å². The fraction of sp³-hybridized carbons (Fsp3) is 0.241. The summed E-state index contributed by atoms with van der Waals surface area (Å²) in [6, 6.07) is 28.7. The van der Waals surface area contributed by atoms with Gasteiger partial charge < -0.3 is 0 Å². The van der Waals surface area contributed by atoms with Gasteiger partial charge in [-0.3, -0.25) is 0 Å². The van der Waals surface area contributed by atoms with E-state index in [-0.39, 0.29) is 0 Å². The molecule has 5 rings (SSSR count). The minimum Gasteiger partial charge on any atom is -0.0683 e. The Morgan fingerprint density at radius 2 is 0.931 bits per heavy atom. The Labute approximate surface area is 176 Å². The zero-order chi connectivity index (χ0) is 21.4. The predicted octanol–water partition coefficient (Wildman–Crippen LogP) is 9.64. The Morgan fingerprint density at radius 1 is 0.448 bits per heavy atom. The molecule has 0 aliphatic heterocycles. The normalized spacial score (nSPS) is 9.90. The SMILES string of the molecule is CC.CC.CC.Cc1ccc2ccc3c(-c4ccccc4)ccc4ccc1c2c43. The van der Waals surface area contributed by atoms with E-state index >= 15 is 0 Å². The van der Waals surface area contributed by atoms with Gasteiger partial charge in [0, 0.05) is 0 Å². The van der Waals surface area contributed by atoms with Crippen LogP contribution in [0, 0.1) is 6.92 Å². The first-order chi connectivity index (χ1) is 14.3. The van der Waals surface area contributed by atoms with Crippen LogP contribution in [0.15, 0.2) is 78.9 Å². The van der Waals surface area contributed by atoms with Gasteiger partial charge in [0.15, 0.2) is 0 Å². The van der Waals surface area contributed by atoms with Crippen molar-refractivity contribution in [3.63, 3.8) is 0 Å². The number of hydrogen-bond donors (Lipinski definition) is 0. The van der Waals surface area contributed by atoms with Crippen molar-refractivity contribution in [3.05, 3.63) is 84.4 Å². The number of aryl methyl sites for hydroxylation is 1. The van der Waals surface area contributed by atoms with Crippen LogP contribution in [0.25, 0.3) is 43.4 Å². The second kappa shape index (κ2) is 10.6. The van der Waals surface area contributed by atoms with Crippen LogP contribution >= 0.6 is 0 Å². The minimum atomic E-state index is 1.28. The van der Waals surface area contributed by atoms with E-state index in [0.29, 0.717) is 0 Å². The van der Waals surface area contributed by atoms with E-state index in [1.165, 1.54) is 49.0 Å². The topological polar surface area (TPSA) is 0 Å². The third kappa shape index (κ3) is 4.12. The number of benzene rings is 5. The van der Waals surface area contributed by atoms with E-state index < -0.39 is 0 Å². The van der Waals surface area contributed by atoms with Crippen LogP contribution in [0.3, 0.4) is 0 Å². The average molecular weight is 383 g/mol. The standard InChI is InChI=1S/C23H16.3C2H6/c1-15-7-8-17-11-14-21-20(16-5-3-2-4-6-16)13-10-18-9-12-19(15)22(17)23(18)21;3*1-2/h2-14H,1H3;3*1-2H3. The lowest BCUT2D eigenvalue weighted by Crippen LogP contribution is -1.88. The molecule has 150 valence electrons. The molecule has 5 aromatic carbocycles. The van der Waals surface area contributed by atoms with E-state index in [1.54, 1.807) is 0 Å². The minimum absolute atomic E-state index is 1.28. The van der Waals surface area contributed by atoms with E-state index in [0.717, 1.165) is 0 Å². The smallest absolute Gasteiger partial charge is 0.00205 e. The Kier molecular flexibility index (Phi) is 8.21. The van der Waals surface area contributed by atoms with Crippen LogP contribution < -0.4 is 0 Å². The van der Waals surface area contributed by atoms with Gasteiger partial charge in [0.2, 0.25) is 0 Å². The van der Waals surface area contributed by atoms with Gasteiger partial charge in [-0.25, -0.2) is 0 Å². The molecule has 0 heterocycles. The lowest BCUT2D eigenvalue weighted by atomic mass is 9.89.